The number of aromatic nitrogens is 7. The summed E-state index contributed by atoms with van der Waals surface area (Å²) in [4.78, 5) is 9.86. The SMILES string of the molecule is Cc1cc(N2CCCCC2c2nnc3n2CCCC3)n2nc(C(F)(F)F)nc2n1. The van der Waals surface area contributed by atoms with Gasteiger partial charge in [0.1, 0.15) is 11.6 Å². The molecule has 0 aliphatic carbocycles. The van der Waals surface area contributed by atoms with Crippen LogP contribution in [0.3, 0.4) is 0 Å². The predicted octanol–water partition coefficient (Wildman–Crippen LogP) is 3.11. The molecule has 29 heavy (non-hydrogen) atoms. The zero-order valence-corrected chi connectivity index (χ0v) is 16.0. The van der Waals surface area contributed by atoms with Gasteiger partial charge < -0.3 is 9.47 Å². The molecule has 3 aromatic heterocycles. The highest BCUT2D eigenvalue weighted by Crippen LogP contribution is 2.36. The van der Waals surface area contributed by atoms with Gasteiger partial charge in [-0.1, -0.05) is 0 Å². The van der Waals surface area contributed by atoms with E-state index in [1.54, 1.807) is 13.0 Å². The summed E-state index contributed by atoms with van der Waals surface area (Å²) in [6.45, 7) is 3.34. The van der Waals surface area contributed by atoms with Gasteiger partial charge in [0, 0.05) is 31.3 Å². The van der Waals surface area contributed by atoms with Gasteiger partial charge in [-0.05, 0) is 39.0 Å². The van der Waals surface area contributed by atoms with Crippen molar-refractivity contribution in [3.8, 4) is 0 Å². The third kappa shape index (κ3) is 3.12. The second-order valence-electron chi connectivity index (χ2n) is 7.69. The summed E-state index contributed by atoms with van der Waals surface area (Å²) < 4.78 is 43.0. The molecule has 1 fully saturated rings. The fourth-order valence-electron chi connectivity index (χ4n) is 4.34. The molecule has 154 valence electrons. The number of rotatable bonds is 2. The minimum Gasteiger partial charge on any atom is -0.346 e. The van der Waals surface area contributed by atoms with Crippen molar-refractivity contribution in [3.05, 3.63) is 29.2 Å². The molecule has 1 saturated heterocycles. The van der Waals surface area contributed by atoms with Crippen LogP contribution in [0.25, 0.3) is 5.78 Å². The molecule has 0 aromatic carbocycles. The summed E-state index contributed by atoms with van der Waals surface area (Å²) in [6, 6.07) is 1.71. The fourth-order valence-corrected chi connectivity index (χ4v) is 4.34. The Hall–Kier alpha value is -2.72. The van der Waals surface area contributed by atoms with Gasteiger partial charge in [0.25, 0.3) is 11.6 Å². The maximum atomic E-state index is 13.2. The predicted molar refractivity (Wildman–Crippen MR) is 97.4 cm³/mol. The first kappa shape index (κ1) is 18.3. The molecule has 3 aromatic rings. The number of anilines is 1. The van der Waals surface area contributed by atoms with E-state index in [-0.39, 0.29) is 11.8 Å². The van der Waals surface area contributed by atoms with Gasteiger partial charge in [-0.25, -0.2) is 4.98 Å². The van der Waals surface area contributed by atoms with Crippen LogP contribution >= 0.6 is 0 Å². The lowest BCUT2D eigenvalue weighted by atomic mass is 10.0. The lowest BCUT2D eigenvalue weighted by Crippen LogP contribution is -2.37. The van der Waals surface area contributed by atoms with Gasteiger partial charge in [0.05, 0.1) is 6.04 Å². The molecule has 0 amide bonds. The molecule has 0 radical (unpaired) electrons. The van der Waals surface area contributed by atoms with Crippen molar-refractivity contribution in [1.29, 1.82) is 0 Å². The van der Waals surface area contributed by atoms with Crippen molar-refractivity contribution < 1.29 is 13.2 Å². The van der Waals surface area contributed by atoms with Crippen LogP contribution in [0.2, 0.25) is 0 Å². The third-order valence-corrected chi connectivity index (χ3v) is 5.66. The van der Waals surface area contributed by atoms with Crippen LogP contribution in [0.5, 0.6) is 0 Å². The zero-order valence-electron chi connectivity index (χ0n) is 16.0. The number of halogens is 3. The van der Waals surface area contributed by atoms with E-state index in [0.29, 0.717) is 18.1 Å². The van der Waals surface area contributed by atoms with Crippen LogP contribution in [0, 0.1) is 6.92 Å². The summed E-state index contributed by atoms with van der Waals surface area (Å²) in [6.07, 6.45) is 1.32. The molecular formula is C18H21F3N8. The van der Waals surface area contributed by atoms with Gasteiger partial charge in [-0.15, -0.1) is 15.3 Å². The average molecular weight is 406 g/mol. The molecule has 2 aliphatic heterocycles. The molecule has 5 heterocycles. The monoisotopic (exact) mass is 406 g/mol. The smallest absolute Gasteiger partial charge is 0.346 e. The quantitative estimate of drug-likeness (QED) is 0.651. The van der Waals surface area contributed by atoms with Crippen molar-refractivity contribution >= 4 is 11.6 Å². The Morgan fingerprint density at radius 3 is 2.69 bits per heavy atom. The van der Waals surface area contributed by atoms with Gasteiger partial charge in [0.2, 0.25) is 0 Å². The third-order valence-electron chi connectivity index (χ3n) is 5.66. The van der Waals surface area contributed by atoms with Crippen molar-refractivity contribution in [2.45, 2.75) is 64.2 Å². The number of hydrogen-bond acceptors (Lipinski definition) is 6. The lowest BCUT2D eigenvalue weighted by molar-refractivity contribution is -0.144. The van der Waals surface area contributed by atoms with Crippen LogP contribution < -0.4 is 4.90 Å². The highest BCUT2D eigenvalue weighted by atomic mass is 19.4. The van der Waals surface area contributed by atoms with Gasteiger partial charge in [0.15, 0.2) is 5.82 Å². The molecule has 1 unspecified atom stereocenters. The second-order valence-corrected chi connectivity index (χ2v) is 7.69. The Balaban J connectivity index is 1.62. The lowest BCUT2D eigenvalue weighted by Gasteiger charge is -2.37. The van der Waals surface area contributed by atoms with E-state index in [4.69, 9.17) is 0 Å². The van der Waals surface area contributed by atoms with Crippen LogP contribution in [-0.4, -0.2) is 40.9 Å². The first-order chi connectivity index (χ1) is 13.9. The summed E-state index contributed by atoms with van der Waals surface area (Å²) in [5.74, 6) is 1.23. The Kier molecular flexibility index (Phi) is 4.21. The number of piperidine rings is 1. The van der Waals surface area contributed by atoms with E-state index in [1.807, 2.05) is 0 Å². The maximum Gasteiger partial charge on any atom is 0.453 e. The van der Waals surface area contributed by atoms with E-state index < -0.39 is 12.0 Å². The van der Waals surface area contributed by atoms with Crippen molar-refractivity contribution in [2.75, 3.05) is 11.4 Å². The number of aryl methyl sites for hydroxylation is 2. The highest BCUT2D eigenvalue weighted by Gasteiger charge is 2.38. The van der Waals surface area contributed by atoms with Gasteiger partial charge >= 0.3 is 6.18 Å². The van der Waals surface area contributed by atoms with Gasteiger partial charge in [-0.3, -0.25) is 0 Å². The summed E-state index contributed by atoms with van der Waals surface area (Å²) >= 11 is 0. The Bertz CT molecular complexity index is 1050. The minimum atomic E-state index is -4.62. The molecule has 0 saturated carbocycles. The molecule has 11 heteroatoms. The van der Waals surface area contributed by atoms with Crippen LogP contribution in [0.15, 0.2) is 6.07 Å². The molecule has 0 N–H and O–H groups in total. The maximum absolute atomic E-state index is 13.2. The highest BCUT2D eigenvalue weighted by molar-refractivity contribution is 5.49. The fraction of sp³-hybridized carbons (Fsp3) is 0.611. The molecule has 0 bridgehead atoms. The van der Waals surface area contributed by atoms with E-state index >= 15 is 0 Å². The second kappa shape index (κ2) is 6.67. The van der Waals surface area contributed by atoms with E-state index in [0.717, 1.165) is 56.7 Å². The molecule has 5 rings (SSSR count). The van der Waals surface area contributed by atoms with E-state index in [9.17, 15) is 13.2 Å². The molecule has 0 spiro atoms. The Labute approximate surface area is 164 Å². The standard InChI is InChI=1S/C18H21F3N8/c1-11-10-14(29-17(22-11)23-16(26-29)18(19,20)21)27-8-4-2-6-12(27)15-25-24-13-7-3-5-9-28(13)15/h10,12H,2-9H2,1H3. The summed E-state index contributed by atoms with van der Waals surface area (Å²) in [5, 5.41) is 12.6. The molecular weight excluding hydrogens is 385 g/mol. The summed E-state index contributed by atoms with van der Waals surface area (Å²) in [5.41, 5.74) is 0.598. The topological polar surface area (TPSA) is 77.0 Å². The number of hydrogen-bond donors (Lipinski definition) is 0. The Morgan fingerprint density at radius 2 is 1.86 bits per heavy atom. The van der Waals surface area contributed by atoms with Crippen molar-refractivity contribution in [3.63, 3.8) is 0 Å². The first-order valence-electron chi connectivity index (χ1n) is 9.92. The van der Waals surface area contributed by atoms with Crippen molar-refractivity contribution in [1.82, 2.24) is 34.3 Å². The van der Waals surface area contributed by atoms with Gasteiger partial charge in [-0.2, -0.15) is 22.7 Å². The van der Waals surface area contributed by atoms with Crippen LogP contribution in [0.1, 0.15) is 61.3 Å². The number of alkyl halides is 3. The first-order valence-corrected chi connectivity index (χ1v) is 9.92. The largest absolute Gasteiger partial charge is 0.453 e. The molecule has 2 aliphatic rings. The number of nitrogens with zero attached hydrogens (tertiary/aromatic N) is 8. The van der Waals surface area contributed by atoms with E-state index in [1.165, 1.54) is 4.52 Å². The van der Waals surface area contributed by atoms with Crippen LogP contribution in [-0.2, 0) is 19.1 Å². The average Bonchev–Trinajstić information content (AvgIpc) is 3.31. The molecule has 8 nitrogen and oxygen atoms in total. The molecule has 1 atom stereocenters. The van der Waals surface area contributed by atoms with E-state index in [2.05, 4.69) is 34.7 Å². The number of fused-ring (bicyclic) bond motifs is 2. The normalized spacial score (nSPS) is 20.3. The van der Waals surface area contributed by atoms with Crippen molar-refractivity contribution in [2.24, 2.45) is 0 Å². The summed E-state index contributed by atoms with van der Waals surface area (Å²) in [7, 11) is 0. The Morgan fingerprint density at radius 1 is 1.03 bits per heavy atom. The minimum absolute atomic E-state index is 0.0417. The van der Waals surface area contributed by atoms with Crippen LogP contribution in [0.4, 0.5) is 19.0 Å². The zero-order chi connectivity index (χ0) is 20.2.